The fourth-order valence-electron chi connectivity index (χ4n) is 1.19. The van der Waals surface area contributed by atoms with Gasteiger partial charge in [-0.05, 0) is 34.0 Å². The van der Waals surface area contributed by atoms with Crippen molar-refractivity contribution in [1.29, 1.82) is 0 Å². The maximum atomic E-state index is 11.2. The lowest BCUT2D eigenvalue weighted by molar-refractivity contribution is 0.101. The van der Waals surface area contributed by atoms with Crippen molar-refractivity contribution in [2.45, 2.75) is 32.4 Å². The Kier molecular flexibility index (Phi) is 3.50. The van der Waals surface area contributed by atoms with E-state index in [1.54, 1.807) is 18.0 Å². The van der Waals surface area contributed by atoms with E-state index in [4.69, 9.17) is 0 Å². The molecule has 0 bridgehead atoms. The minimum Gasteiger partial charge on any atom is -0.294 e. The summed E-state index contributed by atoms with van der Waals surface area (Å²) in [6.45, 7) is 7.52. The molecule has 1 aromatic heterocycles. The summed E-state index contributed by atoms with van der Waals surface area (Å²) < 4.78 is -0.111. The van der Waals surface area contributed by atoms with Crippen LogP contribution < -0.4 is 0 Å². The van der Waals surface area contributed by atoms with Crippen molar-refractivity contribution in [3.05, 3.63) is 23.3 Å². The minimum absolute atomic E-state index is 0.0148. The van der Waals surface area contributed by atoms with Gasteiger partial charge in [0.2, 0.25) is 0 Å². The van der Waals surface area contributed by atoms with Crippen molar-refractivity contribution in [2.75, 3.05) is 6.26 Å². The molecular weight excluding hydrogens is 208 g/mol. The van der Waals surface area contributed by atoms with Crippen LogP contribution >= 0.6 is 11.8 Å². The molecule has 1 heterocycles. The third-order valence-electron chi connectivity index (χ3n) is 2.41. The molecule has 3 nitrogen and oxygen atoms in total. The van der Waals surface area contributed by atoms with Crippen LogP contribution in [-0.4, -0.2) is 22.0 Å². The van der Waals surface area contributed by atoms with Gasteiger partial charge in [0.05, 0.1) is 16.0 Å². The third kappa shape index (κ3) is 2.56. The molecule has 0 aliphatic heterocycles. The number of thioether (sulfide) groups is 1. The van der Waals surface area contributed by atoms with E-state index >= 15 is 0 Å². The highest BCUT2D eigenvalue weighted by Gasteiger charge is 2.23. The summed E-state index contributed by atoms with van der Waals surface area (Å²) in [5.41, 5.74) is 1.37. The number of aryl methyl sites for hydroxylation is 1. The molecule has 82 valence electrons. The first-order valence-electron chi connectivity index (χ1n) is 4.78. The zero-order valence-electron chi connectivity index (χ0n) is 9.79. The van der Waals surface area contributed by atoms with Crippen molar-refractivity contribution in [3.8, 4) is 0 Å². The Morgan fingerprint density at radius 1 is 1.47 bits per heavy atom. The van der Waals surface area contributed by atoms with Crippen molar-refractivity contribution in [1.82, 2.24) is 9.97 Å². The van der Waals surface area contributed by atoms with Crippen molar-refractivity contribution >= 4 is 17.5 Å². The molecule has 0 spiro atoms. The predicted octanol–water partition coefficient (Wildman–Crippen LogP) is 2.59. The molecule has 0 aliphatic carbocycles. The summed E-state index contributed by atoms with van der Waals surface area (Å²) >= 11 is 1.69. The molecule has 15 heavy (non-hydrogen) atoms. The number of rotatable bonds is 3. The smallest absolute Gasteiger partial charge is 0.163 e. The summed E-state index contributed by atoms with van der Waals surface area (Å²) in [4.78, 5) is 19.8. The van der Waals surface area contributed by atoms with Crippen LogP contribution in [0, 0.1) is 6.92 Å². The number of Topliss-reactive ketones (excluding diaryl/α,β-unsaturated/α-hetero) is 1. The van der Waals surface area contributed by atoms with Crippen LogP contribution in [-0.2, 0) is 4.75 Å². The lowest BCUT2D eigenvalue weighted by Gasteiger charge is -2.20. The highest BCUT2D eigenvalue weighted by molar-refractivity contribution is 7.99. The van der Waals surface area contributed by atoms with Crippen LogP contribution in [0.4, 0.5) is 0 Å². The topological polar surface area (TPSA) is 42.9 Å². The van der Waals surface area contributed by atoms with Gasteiger partial charge in [-0.1, -0.05) is 0 Å². The van der Waals surface area contributed by atoms with Gasteiger partial charge in [0.15, 0.2) is 5.78 Å². The first kappa shape index (κ1) is 12.2. The maximum absolute atomic E-state index is 11.2. The van der Waals surface area contributed by atoms with E-state index < -0.39 is 0 Å². The number of hydrogen-bond acceptors (Lipinski definition) is 4. The predicted molar refractivity (Wildman–Crippen MR) is 63.3 cm³/mol. The molecular formula is C11H16N2OS. The summed E-state index contributed by atoms with van der Waals surface area (Å²) in [7, 11) is 0. The van der Waals surface area contributed by atoms with Gasteiger partial charge < -0.3 is 0 Å². The first-order chi connectivity index (χ1) is 6.88. The fraction of sp³-hybridized carbons (Fsp3) is 0.545. The van der Waals surface area contributed by atoms with Gasteiger partial charge in [0.1, 0.15) is 5.82 Å². The van der Waals surface area contributed by atoms with Crippen LogP contribution in [0.25, 0.3) is 0 Å². The summed E-state index contributed by atoms with van der Waals surface area (Å²) in [5.74, 6) is 0.790. The third-order valence-corrected chi connectivity index (χ3v) is 3.61. The average molecular weight is 224 g/mol. The Hall–Kier alpha value is -0.900. The molecule has 0 N–H and O–H groups in total. The Morgan fingerprint density at radius 2 is 2.07 bits per heavy atom. The second-order valence-electron chi connectivity index (χ2n) is 3.96. The van der Waals surface area contributed by atoms with E-state index in [0.29, 0.717) is 5.56 Å². The quantitative estimate of drug-likeness (QED) is 0.740. The molecule has 0 aliphatic rings. The van der Waals surface area contributed by atoms with Crippen LogP contribution in [0.5, 0.6) is 0 Å². The molecule has 0 aromatic carbocycles. The molecule has 0 saturated heterocycles. The molecule has 1 aromatic rings. The van der Waals surface area contributed by atoms with Crippen LogP contribution in [0.2, 0.25) is 0 Å². The zero-order chi connectivity index (χ0) is 11.6. The Balaban J connectivity index is 3.18. The lowest BCUT2D eigenvalue weighted by Crippen LogP contribution is -2.17. The molecule has 0 fully saturated rings. The Morgan fingerprint density at radius 3 is 2.47 bits per heavy atom. The lowest BCUT2D eigenvalue weighted by atomic mass is 10.1. The van der Waals surface area contributed by atoms with E-state index in [1.165, 1.54) is 6.92 Å². The molecule has 0 amide bonds. The van der Waals surface area contributed by atoms with Crippen molar-refractivity contribution < 1.29 is 4.79 Å². The Bertz CT molecular complexity index is 388. The fourth-order valence-corrected chi connectivity index (χ4v) is 1.47. The van der Waals surface area contributed by atoms with Gasteiger partial charge in [-0.3, -0.25) is 4.79 Å². The SMILES string of the molecule is CSC(C)(C)c1ncc(C(C)=O)c(C)n1. The summed E-state index contributed by atoms with van der Waals surface area (Å²) in [5, 5.41) is 0. The number of nitrogens with zero attached hydrogens (tertiary/aromatic N) is 2. The minimum atomic E-state index is -0.111. The van der Waals surface area contributed by atoms with Crippen molar-refractivity contribution in [2.24, 2.45) is 0 Å². The maximum Gasteiger partial charge on any atom is 0.163 e. The Labute approximate surface area is 94.7 Å². The number of hydrogen-bond donors (Lipinski definition) is 0. The standard InChI is InChI=1S/C11H16N2OS/c1-7-9(8(2)14)6-12-10(13-7)11(3,4)15-5/h6H,1-5H3. The molecule has 0 unspecified atom stereocenters. The second kappa shape index (κ2) is 4.31. The highest BCUT2D eigenvalue weighted by Crippen LogP contribution is 2.30. The van der Waals surface area contributed by atoms with Crippen LogP contribution in [0.3, 0.4) is 0 Å². The van der Waals surface area contributed by atoms with Gasteiger partial charge in [-0.2, -0.15) is 11.8 Å². The van der Waals surface area contributed by atoms with E-state index in [-0.39, 0.29) is 10.5 Å². The first-order valence-corrected chi connectivity index (χ1v) is 6.01. The van der Waals surface area contributed by atoms with E-state index in [0.717, 1.165) is 11.5 Å². The summed E-state index contributed by atoms with van der Waals surface area (Å²) in [6.07, 6.45) is 3.65. The molecule has 4 heteroatoms. The average Bonchev–Trinajstić information content (AvgIpc) is 2.17. The van der Waals surface area contributed by atoms with Crippen molar-refractivity contribution in [3.63, 3.8) is 0 Å². The molecule has 0 atom stereocenters. The number of carbonyl (C=O) groups excluding carboxylic acids is 1. The number of aromatic nitrogens is 2. The zero-order valence-corrected chi connectivity index (χ0v) is 10.6. The van der Waals surface area contributed by atoms with Gasteiger partial charge in [-0.15, -0.1) is 0 Å². The van der Waals surface area contributed by atoms with Gasteiger partial charge >= 0.3 is 0 Å². The summed E-state index contributed by atoms with van der Waals surface area (Å²) in [6, 6.07) is 0. The normalized spacial score (nSPS) is 11.5. The van der Waals surface area contributed by atoms with Crippen LogP contribution in [0.15, 0.2) is 6.20 Å². The van der Waals surface area contributed by atoms with E-state index in [2.05, 4.69) is 23.8 Å². The number of ketones is 1. The van der Waals surface area contributed by atoms with Gasteiger partial charge in [0.25, 0.3) is 0 Å². The molecule has 0 saturated carbocycles. The number of carbonyl (C=O) groups is 1. The molecule has 0 radical (unpaired) electrons. The van der Waals surface area contributed by atoms with E-state index in [1.807, 2.05) is 13.2 Å². The molecule has 1 rings (SSSR count). The van der Waals surface area contributed by atoms with Gasteiger partial charge in [0, 0.05) is 6.20 Å². The highest BCUT2D eigenvalue weighted by atomic mass is 32.2. The van der Waals surface area contributed by atoms with Gasteiger partial charge in [-0.25, -0.2) is 9.97 Å². The van der Waals surface area contributed by atoms with E-state index in [9.17, 15) is 4.79 Å². The van der Waals surface area contributed by atoms with Crippen LogP contribution in [0.1, 0.15) is 42.6 Å². The largest absolute Gasteiger partial charge is 0.294 e. The monoisotopic (exact) mass is 224 g/mol. The second-order valence-corrected chi connectivity index (χ2v) is 5.39.